The highest BCUT2D eigenvalue weighted by Crippen LogP contribution is 2.54. The molecule has 1 atom stereocenters. The van der Waals surface area contributed by atoms with E-state index in [0.717, 1.165) is 17.7 Å². The average Bonchev–Trinajstić information content (AvgIpc) is 3.50. The predicted octanol–water partition coefficient (Wildman–Crippen LogP) is 8.40. The molecule has 0 spiro atoms. The lowest BCUT2D eigenvalue weighted by atomic mass is 9.66. The van der Waals surface area contributed by atoms with Crippen molar-refractivity contribution in [3.05, 3.63) is 141 Å². The summed E-state index contributed by atoms with van der Waals surface area (Å²) < 4.78 is 44.2. The van der Waals surface area contributed by atoms with Gasteiger partial charge in [-0.2, -0.15) is 23.0 Å². The van der Waals surface area contributed by atoms with Gasteiger partial charge in [0, 0.05) is 34.3 Å². The van der Waals surface area contributed by atoms with Gasteiger partial charge in [0.05, 0.1) is 28.7 Å². The van der Waals surface area contributed by atoms with E-state index in [1.807, 2.05) is 30.3 Å². The zero-order valence-electron chi connectivity index (χ0n) is 29.8. The summed E-state index contributed by atoms with van der Waals surface area (Å²) in [6, 6.07) is 26.3. The molecule has 0 amide bonds. The number of aliphatic carboxylic acids is 2. The topological polar surface area (TPSA) is 142 Å². The van der Waals surface area contributed by atoms with Crippen LogP contribution in [0.15, 0.2) is 102 Å². The fraction of sp³-hybridized carbons (Fsp3) is 0.262. The van der Waals surface area contributed by atoms with Gasteiger partial charge in [-0.15, -0.1) is 0 Å². The lowest BCUT2D eigenvalue weighted by Crippen LogP contribution is -2.44. The van der Waals surface area contributed by atoms with Gasteiger partial charge < -0.3 is 20.2 Å². The minimum absolute atomic E-state index is 0.00405. The van der Waals surface area contributed by atoms with Crippen LogP contribution >= 0.6 is 11.6 Å². The van der Waals surface area contributed by atoms with Crippen molar-refractivity contribution < 1.29 is 47.4 Å². The molecular weight excluding hydrogens is 735 g/mol. The highest BCUT2D eigenvalue weighted by molar-refractivity contribution is 6.31. The molecule has 4 aromatic rings. The van der Waals surface area contributed by atoms with E-state index in [4.69, 9.17) is 11.6 Å². The third kappa shape index (κ3) is 7.20. The molecule has 282 valence electrons. The second-order valence-electron chi connectivity index (χ2n) is 14.2. The maximum atomic E-state index is 14.2. The van der Waals surface area contributed by atoms with Gasteiger partial charge >= 0.3 is 24.1 Å². The molecular formula is C42H36ClF3N3O6+. The number of nitriles is 1. The maximum absolute atomic E-state index is 14.2. The van der Waals surface area contributed by atoms with E-state index >= 15 is 0 Å². The smallest absolute Gasteiger partial charge is 0.416 e. The van der Waals surface area contributed by atoms with E-state index in [0.29, 0.717) is 33.2 Å². The highest BCUT2D eigenvalue weighted by atomic mass is 35.5. The number of benzene rings is 4. The van der Waals surface area contributed by atoms with Crippen LogP contribution in [0.4, 0.5) is 24.5 Å². The number of carbonyl (C=O) groups is 3. The minimum Gasteiger partial charge on any atom is -0.481 e. The Hall–Kier alpha value is -5.93. The van der Waals surface area contributed by atoms with Crippen molar-refractivity contribution in [1.29, 1.82) is 5.26 Å². The number of carboxylic acids is 3. The molecule has 1 unspecified atom stereocenters. The summed E-state index contributed by atoms with van der Waals surface area (Å²) in [5, 5.41) is 41.9. The molecule has 2 aliphatic heterocycles. The number of halogens is 4. The third-order valence-corrected chi connectivity index (χ3v) is 10.6. The number of hydrogen-bond acceptors (Lipinski definition) is 5. The van der Waals surface area contributed by atoms with Crippen LogP contribution in [-0.4, -0.2) is 56.6 Å². The number of anilines is 1. The van der Waals surface area contributed by atoms with Gasteiger partial charge in [0.25, 0.3) is 0 Å². The summed E-state index contributed by atoms with van der Waals surface area (Å²) in [6.07, 6.45) is -5.36. The summed E-state index contributed by atoms with van der Waals surface area (Å²) >= 11 is 6.70. The van der Waals surface area contributed by atoms with Gasteiger partial charge in [-0.1, -0.05) is 74.0 Å². The summed E-state index contributed by atoms with van der Waals surface area (Å²) in [5.74, 6) is -3.49. The molecule has 3 N–H and O–H groups in total. The number of carboxylic acid groups (broad SMARTS) is 3. The van der Waals surface area contributed by atoms with Crippen molar-refractivity contribution >= 4 is 46.6 Å². The van der Waals surface area contributed by atoms with E-state index in [1.54, 1.807) is 59.7 Å². The Kier molecular flexibility index (Phi) is 10.4. The van der Waals surface area contributed by atoms with E-state index in [1.165, 1.54) is 12.1 Å². The molecule has 0 bridgehead atoms. The van der Waals surface area contributed by atoms with Crippen LogP contribution in [-0.2, 0) is 39.4 Å². The summed E-state index contributed by atoms with van der Waals surface area (Å²) in [5.41, 5.74) is -0.251. The van der Waals surface area contributed by atoms with Crippen LogP contribution in [0.1, 0.15) is 64.9 Å². The Morgan fingerprint density at radius 1 is 0.855 bits per heavy atom. The van der Waals surface area contributed by atoms with Crippen LogP contribution in [0.25, 0.3) is 0 Å². The lowest BCUT2D eigenvalue weighted by molar-refractivity contribution is -0.437. The molecule has 0 aliphatic carbocycles. The molecule has 6 rings (SSSR count). The first kappa shape index (κ1) is 38.8. The largest absolute Gasteiger partial charge is 0.481 e. The molecule has 4 aromatic carbocycles. The molecule has 0 aromatic heterocycles. The summed E-state index contributed by atoms with van der Waals surface area (Å²) in [7, 11) is 0. The van der Waals surface area contributed by atoms with E-state index in [2.05, 4.69) is 6.07 Å². The van der Waals surface area contributed by atoms with Gasteiger partial charge in [-0.25, -0.2) is 4.79 Å². The molecule has 0 radical (unpaired) electrons. The number of allylic oxidation sites excluding steroid dienone is 2. The number of fused-ring (bicyclic) bond motifs is 2. The third-order valence-electron chi connectivity index (χ3n) is 10.4. The Morgan fingerprint density at radius 2 is 1.53 bits per heavy atom. The molecule has 2 heterocycles. The molecule has 55 heavy (non-hydrogen) atoms. The number of nitrogens with zero attached hydrogens (tertiary/aromatic N) is 3. The quantitative estimate of drug-likeness (QED) is 0.0964. The van der Waals surface area contributed by atoms with E-state index < -0.39 is 46.9 Å². The normalized spacial score (nSPS) is 18.1. The molecule has 9 nitrogen and oxygen atoms in total. The van der Waals surface area contributed by atoms with Crippen molar-refractivity contribution in [2.45, 2.75) is 56.5 Å². The van der Waals surface area contributed by atoms with Gasteiger partial charge in [0.1, 0.15) is 18.1 Å². The van der Waals surface area contributed by atoms with Crippen LogP contribution in [0.5, 0.6) is 0 Å². The Morgan fingerprint density at radius 3 is 2.16 bits per heavy atom. The van der Waals surface area contributed by atoms with E-state index in [-0.39, 0.29) is 54.7 Å². The van der Waals surface area contributed by atoms with Crippen molar-refractivity contribution in [2.75, 3.05) is 18.0 Å². The molecule has 0 saturated heterocycles. The van der Waals surface area contributed by atoms with Gasteiger partial charge in [0.15, 0.2) is 6.54 Å². The Bertz CT molecular complexity index is 2330. The molecule has 0 saturated carbocycles. The summed E-state index contributed by atoms with van der Waals surface area (Å²) in [6.45, 7) is 2.99. The molecule has 0 fully saturated rings. The minimum atomic E-state index is -4.70. The van der Waals surface area contributed by atoms with Gasteiger partial charge in [-0.3, -0.25) is 9.59 Å². The van der Waals surface area contributed by atoms with Gasteiger partial charge in [-0.05, 0) is 65.9 Å². The zero-order chi connectivity index (χ0) is 39.9. The van der Waals surface area contributed by atoms with Crippen LogP contribution in [0.3, 0.4) is 0 Å². The average molecular weight is 771 g/mol. The first-order valence-electron chi connectivity index (χ1n) is 17.4. The Balaban J connectivity index is 1.77. The fourth-order valence-electron chi connectivity index (χ4n) is 8.16. The first-order valence-corrected chi connectivity index (χ1v) is 17.8. The standard InChI is InChI=1S/C42H35ClF3N3O6/c1-40(2)31-20-27(42(44,45)46)12-14-33(31)48(18-16-35(50)51)37(40)30(24-47)38-41(22-25-8-4-3-5-9-25,23-26-10-6-7-11-29(26)39(54)55)32-21-28(43)13-15-34(32)49(38)19-17-36(52)53/h3-15,20-21H,16-19,22-23H2,1-2H3,(H2-,50,51,52,53,54,55)/p+1. The van der Waals surface area contributed by atoms with Crippen LogP contribution < -0.4 is 4.90 Å². The van der Waals surface area contributed by atoms with Crippen molar-refractivity contribution in [2.24, 2.45) is 0 Å². The maximum Gasteiger partial charge on any atom is 0.416 e. The lowest BCUT2D eigenvalue weighted by Gasteiger charge is -2.33. The molecule has 2 aliphatic rings. The SMILES string of the molecule is CC1(C)/C(=C(/C#N)C2=[N+](CCC(=O)O)c3ccc(Cl)cc3C2(Cc2ccccc2)Cc2ccccc2C(=O)O)N(CCC(=O)O)c2ccc(C(F)(F)F)cc21. The van der Waals surface area contributed by atoms with Crippen molar-refractivity contribution in [3.8, 4) is 6.07 Å². The highest BCUT2D eigenvalue weighted by Gasteiger charge is 2.57. The van der Waals surface area contributed by atoms with Gasteiger partial charge in [0.2, 0.25) is 11.4 Å². The number of aromatic carboxylic acids is 1. The number of hydrogen-bond donors (Lipinski definition) is 3. The zero-order valence-corrected chi connectivity index (χ0v) is 30.6. The second-order valence-corrected chi connectivity index (χ2v) is 14.6. The number of alkyl halides is 3. The Labute approximate surface area is 319 Å². The monoisotopic (exact) mass is 770 g/mol. The van der Waals surface area contributed by atoms with Crippen molar-refractivity contribution in [3.63, 3.8) is 0 Å². The first-order chi connectivity index (χ1) is 26.0. The van der Waals surface area contributed by atoms with Crippen molar-refractivity contribution in [1.82, 2.24) is 0 Å². The van der Waals surface area contributed by atoms with E-state index in [9.17, 15) is 48.1 Å². The number of rotatable bonds is 12. The fourth-order valence-corrected chi connectivity index (χ4v) is 8.33. The second kappa shape index (κ2) is 14.7. The molecule has 13 heteroatoms. The summed E-state index contributed by atoms with van der Waals surface area (Å²) in [4.78, 5) is 38.4. The van der Waals surface area contributed by atoms with Crippen LogP contribution in [0, 0.1) is 11.3 Å². The predicted molar refractivity (Wildman–Crippen MR) is 199 cm³/mol. The van der Waals surface area contributed by atoms with Crippen LogP contribution in [0.2, 0.25) is 5.02 Å².